The SMILES string of the molecule is C.C.CC(C)(C)COP(=O)(N1CCN(c2ncccn2)CC1)C(C)(C)C. The van der Waals surface area contributed by atoms with Gasteiger partial charge in [0.15, 0.2) is 0 Å². The second kappa shape index (κ2) is 9.29. The molecular formula is C19H39N4O2P. The van der Waals surface area contributed by atoms with Crippen molar-refractivity contribution in [3.05, 3.63) is 18.5 Å². The number of anilines is 1. The van der Waals surface area contributed by atoms with Gasteiger partial charge in [0, 0.05) is 38.6 Å². The normalized spacial score (nSPS) is 18.5. The Bertz CT molecular complexity index is 573. The summed E-state index contributed by atoms with van der Waals surface area (Å²) in [5, 5.41) is -0.413. The van der Waals surface area contributed by atoms with Crippen molar-refractivity contribution in [1.29, 1.82) is 0 Å². The summed E-state index contributed by atoms with van der Waals surface area (Å²) < 4.78 is 21.8. The number of hydrogen-bond donors (Lipinski definition) is 0. The van der Waals surface area contributed by atoms with E-state index in [0.29, 0.717) is 19.7 Å². The van der Waals surface area contributed by atoms with Crippen LogP contribution in [0.5, 0.6) is 0 Å². The van der Waals surface area contributed by atoms with Crippen molar-refractivity contribution >= 4 is 13.5 Å². The van der Waals surface area contributed by atoms with Gasteiger partial charge in [0.1, 0.15) is 0 Å². The van der Waals surface area contributed by atoms with Crippen LogP contribution in [-0.4, -0.2) is 52.6 Å². The van der Waals surface area contributed by atoms with Crippen LogP contribution in [0.25, 0.3) is 0 Å². The lowest BCUT2D eigenvalue weighted by atomic mass is 9.99. The summed E-state index contributed by atoms with van der Waals surface area (Å²) in [6.07, 6.45) is 3.50. The van der Waals surface area contributed by atoms with Gasteiger partial charge in [0.05, 0.1) is 11.8 Å². The standard InChI is InChI=1S/C17H31N4O2P.2CH4/c1-16(2,3)14-23-24(22,17(4,5)6)21-12-10-20(11-13-21)15-18-8-7-9-19-15;;/h7-9H,10-14H2,1-6H3;2*1H4. The summed E-state index contributed by atoms with van der Waals surface area (Å²) in [5.41, 5.74) is -0.0133. The maximum atomic E-state index is 13.7. The molecule has 1 saturated heterocycles. The molecule has 0 saturated carbocycles. The first-order chi connectivity index (χ1) is 11.0. The number of aromatic nitrogens is 2. The molecule has 6 nitrogen and oxygen atoms in total. The first kappa shape index (κ1) is 25.0. The molecule has 2 heterocycles. The van der Waals surface area contributed by atoms with E-state index in [9.17, 15) is 4.57 Å². The zero-order valence-corrected chi connectivity index (χ0v) is 16.7. The number of hydrogen-bond acceptors (Lipinski definition) is 5. The first-order valence-electron chi connectivity index (χ1n) is 8.55. The van der Waals surface area contributed by atoms with Crippen LogP contribution in [0.3, 0.4) is 0 Å². The Morgan fingerprint density at radius 2 is 1.50 bits per heavy atom. The lowest BCUT2D eigenvalue weighted by Gasteiger charge is -2.44. The molecule has 0 radical (unpaired) electrons. The van der Waals surface area contributed by atoms with Gasteiger partial charge in [-0.15, -0.1) is 0 Å². The zero-order chi connectivity index (χ0) is 18.0. The van der Waals surface area contributed by atoms with E-state index < -0.39 is 12.7 Å². The van der Waals surface area contributed by atoms with Gasteiger partial charge in [-0.1, -0.05) is 35.6 Å². The van der Waals surface area contributed by atoms with E-state index in [-0.39, 0.29) is 20.3 Å². The van der Waals surface area contributed by atoms with Gasteiger partial charge < -0.3 is 9.42 Å². The van der Waals surface area contributed by atoms with Crippen LogP contribution >= 0.6 is 7.52 Å². The van der Waals surface area contributed by atoms with Crippen LogP contribution in [0, 0.1) is 5.41 Å². The van der Waals surface area contributed by atoms with Gasteiger partial charge >= 0.3 is 0 Å². The number of nitrogens with zero attached hydrogens (tertiary/aromatic N) is 4. The Morgan fingerprint density at radius 1 is 1.00 bits per heavy atom. The van der Waals surface area contributed by atoms with E-state index in [4.69, 9.17) is 4.52 Å². The number of piperazine rings is 1. The fraction of sp³-hybridized carbons (Fsp3) is 0.789. The molecule has 1 unspecified atom stereocenters. The maximum absolute atomic E-state index is 13.7. The minimum Gasteiger partial charge on any atom is -0.338 e. The molecule has 152 valence electrons. The highest BCUT2D eigenvalue weighted by atomic mass is 31.2. The van der Waals surface area contributed by atoms with Crippen molar-refractivity contribution in [2.24, 2.45) is 5.41 Å². The van der Waals surface area contributed by atoms with Crippen LogP contribution in [-0.2, 0) is 9.09 Å². The van der Waals surface area contributed by atoms with Gasteiger partial charge in [-0.25, -0.2) is 14.6 Å². The van der Waals surface area contributed by atoms with Crippen molar-refractivity contribution < 1.29 is 9.09 Å². The van der Waals surface area contributed by atoms with Crippen molar-refractivity contribution in [2.45, 2.75) is 61.6 Å². The zero-order valence-electron chi connectivity index (χ0n) is 15.8. The maximum Gasteiger partial charge on any atom is 0.277 e. The Balaban J connectivity index is 0.00000312. The Hall–Kier alpha value is -0.970. The average molecular weight is 387 g/mol. The lowest BCUT2D eigenvalue weighted by molar-refractivity contribution is 0.167. The molecule has 0 bridgehead atoms. The molecule has 1 aliphatic heterocycles. The summed E-state index contributed by atoms with van der Waals surface area (Å²) in [5.74, 6) is 0.735. The third-order valence-electron chi connectivity index (χ3n) is 3.98. The molecule has 7 heteroatoms. The van der Waals surface area contributed by atoms with Crippen LogP contribution in [0.1, 0.15) is 56.4 Å². The minimum absolute atomic E-state index is 0. The largest absolute Gasteiger partial charge is 0.338 e. The Morgan fingerprint density at radius 3 is 1.92 bits per heavy atom. The molecule has 1 aromatic rings. The second-order valence-electron chi connectivity index (χ2n) is 8.51. The van der Waals surface area contributed by atoms with Crippen LogP contribution in [0.15, 0.2) is 18.5 Å². The molecule has 0 N–H and O–H groups in total. The van der Waals surface area contributed by atoms with Gasteiger partial charge in [0.25, 0.3) is 7.52 Å². The molecule has 0 spiro atoms. The average Bonchev–Trinajstić information content (AvgIpc) is 2.52. The summed E-state index contributed by atoms with van der Waals surface area (Å²) in [7, 11) is -2.93. The fourth-order valence-electron chi connectivity index (χ4n) is 2.59. The van der Waals surface area contributed by atoms with Gasteiger partial charge in [-0.3, -0.25) is 4.57 Å². The molecule has 1 atom stereocenters. The smallest absolute Gasteiger partial charge is 0.277 e. The molecule has 2 rings (SSSR count). The predicted octanol–water partition coefficient (Wildman–Crippen LogP) is 4.93. The molecular weight excluding hydrogens is 347 g/mol. The lowest BCUT2D eigenvalue weighted by Crippen LogP contribution is -2.48. The summed E-state index contributed by atoms with van der Waals surface area (Å²) in [4.78, 5) is 10.7. The monoisotopic (exact) mass is 386 g/mol. The molecule has 0 aliphatic carbocycles. The van der Waals surface area contributed by atoms with E-state index in [1.165, 1.54) is 0 Å². The molecule has 1 aromatic heterocycles. The topological polar surface area (TPSA) is 58.6 Å². The summed E-state index contributed by atoms with van der Waals surface area (Å²) >= 11 is 0. The van der Waals surface area contributed by atoms with Crippen LogP contribution in [0.4, 0.5) is 5.95 Å². The molecule has 0 aromatic carbocycles. The summed E-state index contributed by atoms with van der Waals surface area (Å²) in [6, 6.07) is 1.81. The minimum atomic E-state index is -2.93. The number of rotatable bonds is 4. The predicted molar refractivity (Wildman–Crippen MR) is 112 cm³/mol. The summed E-state index contributed by atoms with van der Waals surface area (Å²) in [6.45, 7) is 15.7. The van der Waals surface area contributed by atoms with E-state index in [0.717, 1.165) is 19.0 Å². The third-order valence-corrected chi connectivity index (χ3v) is 7.30. The molecule has 0 amide bonds. The Labute approximate surface area is 160 Å². The van der Waals surface area contributed by atoms with Crippen LogP contribution in [0.2, 0.25) is 0 Å². The van der Waals surface area contributed by atoms with Gasteiger partial charge in [0.2, 0.25) is 5.95 Å². The highest BCUT2D eigenvalue weighted by Gasteiger charge is 2.45. The van der Waals surface area contributed by atoms with Gasteiger partial charge in [-0.2, -0.15) is 0 Å². The van der Waals surface area contributed by atoms with Crippen molar-refractivity contribution in [1.82, 2.24) is 14.6 Å². The fourth-order valence-corrected chi connectivity index (χ4v) is 5.26. The van der Waals surface area contributed by atoms with Crippen molar-refractivity contribution in [3.63, 3.8) is 0 Å². The van der Waals surface area contributed by atoms with Crippen molar-refractivity contribution in [3.8, 4) is 0 Å². The van der Waals surface area contributed by atoms with E-state index >= 15 is 0 Å². The quantitative estimate of drug-likeness (QED) is 0.684. The Kier molecular flexibility index (Phi) is 8.95. The van der Waals surface area contributed by atoms with E-state index in [1.807, 2.05) is 31.5 Å². The van der Waals surface area contributed by atoms with Crippen molar-refractivity contribution in [2.75, 3.05) is 37.7 Å². The highest BCUT2D eigenvalue weighted by Crippen LogP contribution is 2.62. The third kappa shape index (κ3) is 6.04. The van der Waals surface area contributed by atoms with E-state index in [1.54, 1.807) is 12.4 Å². The van der Waals surface area contributed by atoms with Gasteiger partial charge in [-0.05, 0) is 32.3 Å². The first-order valence-corrected chi connectivity index (χ1v) is 10.1. The second-order valence-corrected chi connectivity index (χ2v) is 11.7. The molecule has 1 aliphatic rings. The van der Waals surface area contributed by atoms with E-state index in [2.05, 4.69) is 35.6 Å². The molecule has 1 fully saturated rings. The molecule has 26 heavy (non-hydrogen) atoms. The van der Waals surface area contributed by atoms with Crippen LogP contribution < -0.4 is 4.90 Å². The highest BCUT2D eigenvalue weighted by molar-refractivity contribution is 7.58.